The van der Waals surface area contributed by atoms with Crippen LogP contribution in [-0.2, 0) is 15.1 Å². The number of likely N-dealkylation sites (tertiary alicyclic amines) is 1. The fourth-order valence-electron chi connectivity index (χ4n) is 4.70. The molecule has 2 aliphatic rings. The third kappa shape index (κ3) is 5.36. The normalized spacial score (nSPS) is 19.6. The van der Waals surface area contributed by atoms with Crippen LogP contribution in [-0.4, -0.2) is 60.3 Å². The Morgan fingerprint density at radius 2 is 2.06 bits per heavy atom. The van der Waals surface area contributed by atoms with Crippen LogP contribution in [0.4, 0.5) is 4.39 Å². The Hall–Kier alpha value is -3.30. The summed E-state index contributed by atoms with van der Waals surface area (Å²) in [7, 11) is 1.45. The van der Waals surface area contributed by atoms with E-state index in [9.17, 15) is 19.1 Å². The molecule has 1 N–H and O–H groups in total. The quantitative estimate of drug-likeness (QED) is 0.454. The number of hydrogen-bond acceptors (Lipinski definition) is 7. The molecule has 2 fully saturated rings. The van der Waals surface area contributed by atoms with Crippen LogP contribution in [0.5, 0.6) is 11.6 Å². The van der Waals surface area contributed by atoms with Gasteiger partial charge in [-0.15, -0.1) is 0 Å². The molecule has 9 heteroatoms. The number of carbonyl (C=O) groups is 2. The molecule has 2 heterocycles. The van der Waals surface area contributed by atoms with Gasteiger partial charge in [0.25, 0.3) is 11.8 Å². The number of ether oxygens (including phenoxy) is 3. The number of piperidine rings is 1. The van der Waals surface area contributed by atoms with Crippen molar-refractivity contribution in [3.63, 3.8) is 0 Å². The predicted molar refractivity (Wildman–Crippen MR) is 125 cm³/mol. The molecule has 1 aliphatic heterocycles. The lowest BCUT2D eigenvalue weighted by Gasteiger charge is -2.41. The Bertz CT molecular complexity index is 1110. The molecule has 1 aromatic heterocycles. The number of aliphatic hydroxyl groups is 1. The standard InChI is InChI=1S/C26H29FN2O6/c1-17-12-21(31)13-18(17)15-34-23-7-6-22(28-24(23)33-2)25(32)29-10-8-26(9-11-29,35-16-30)19-4-3-5-20(27)14-19/h3-7,14,18,30H,1,8-13,15-16H2,2H3. The summed E-state index contributed by atoms with van der Waals surface area (Å²) in [6.07, 6.45) is 1.59. The number of rotatable bonds is 8. The Labute approximate surface area is 203 Å². The minimum absolute atomic E-state index is 0.0404. The monoisotopic (exact) mass is 484 g/mol. The second-order valence-electron chi connectivity index (χ2n) is 8.86. The van der Waals surface area contributed by atoms with Gasteiger partial charge in [-0.3, -0.25) is 9.59 Å². The van der Waals surface area contributed by atoms with Gasteiger partial charge in [0, 0.05) is 31.8 Å². The highest BCUT2D eigenvalue weighted by atomic mass is 19.1. The molecular weight excluding hydrogens is 455 g/mol. The first-order valence-corrected chi connectivity index (χ1v) is 11.5. The van der Waals surface area contributed by atoms with E-state index in [-0.39, 0.29) is 41.6 Å². The first-order valence-electron chi connectivity index (χ1n) is 11.5. The van der Waals surface area contributed by atoms with Gasteiger partial charge in [-0.1, -0.05) is 24.3 Å². The van der Waals surface area contributed by atoms with Crippen molar-refractivity contribution in [3.8, 4) is 11.6 Å². The highest BCUT2D eigenvalue weighted by Crippen LogP contribution is 2.37. The van der Waals surface area contributed by atoms with Gasteiger partial charge in [0.1, 0.15) is 24.1 Å². The summed E-state index contributed by atoms with van der Waals surface area (Å²) in [5.74, 6) is 0.0194. The highest BCUT2D eigenvalue weighted by molar-refractivity contribution is 5.92. The molecular formula is C26H29FN2O6. The summed E-state index contributed by atoms with van der Waals surface area (Å²) in [4.78, 5) is 30.7. The second kappa shape index (κ2) is 10.5. The maximum Gasteiger partial charge on any atom is 0.272 e. The van der Waals surface area contributed by atoms with Gasteiger partial charge >= 0.3 is 0 Å². The summed E-state index contributed by atoms with van der Waals surface area (Å²) < 4.78 is 30.6. The summed E-state index contributed by atoms with van der Waals surface area (Å²) in [5, 5.41) is 9.44. The van der Waals surface area contributed by atoms with Crippen molar-refractivity contribution in [1.29, 1.82) is 0 Å². The molecule has 35 heavy (non-hydrogen) atoms. The largest absolute Gasteiger partial charge is 0.487 e. The molecule has 0 radical (unpaired) electrons. The maximum absolute atomic E-state index is 13.8. The molecule has 0 spiro atoms. The van der Waals surface area contributed by atoms with Crippen LogP contribution >= 0.6 is 0 Å². The third-order valence-electron chi connectivity index (χ3n) is 6.70. The van der Waals surface area contributed by atoms with Gasteiger partial charge in [0.05, 0.1) is 19.3 Å². The van der Waals surface area contributed by atoms with Gasteiger partial charge in [0.2, 0.25) is 0 Å². The Morgan fingerprint density at radius 1 is 1.29 bits per heavy atom. The number of nitrogens with zero attached hydrogens (tertiary/aromatic N) is 2. The van der Waals surface area contributed by atoms with Crippen molar-refractivity contribution in [2.24, 2.45) is 5.92 Å². The minimum Gasteiger partial charge on any atom is -0.487 e. The molecule has 0 bridgehead atoms. The molecule has 1 saturated heterocycles. The van der Waals surface area contributed by atoms with Crippen LogP contribution in [0.2, 0.25) is 0 Å². The van der Waals surface area contributed by atoms with Crippen molar-refractivity contribution in [2.45, 2.75) is 31.3 Å². The molecule has 4 rings (SSSR count). The van der Waals surface area contributed by atoms with Crippen molar-refractivity contribution in [3.05, 3.63) is 65.6 Å². The number of Topliss-reactive ketones (excluding diaryl/α,β-unsaturated/α-hetero) is 1. The van der Waals surface area contributed by atoms with Gasteiger partial charge in [-0.05, 0) is 42.7 Å². The second-order valence-corrected chi connectivity index (χ2v) is 8.86. The molecule has 1 amide bonds. The van der Waals surface area contributed by atoms with Crippen LogP contribution in [0.1, 0.15) is 41.7 Å². The first kappa shape index (κ1) is 24.8. The van der Waals surface area contributed by atoms with E-state index in [4.69, 9.17) is 14.2 Å². The molecule has 1 atom stereocenters. The summed E-state index contributed by atoms with van der Waals surface area (Å²) in [6, 6.07) is 9.32. The lowest BCUT2D eigenvalue weighted by atomic mass is 9.84. The zero-order valence-electron chi connectivity index (χ0n) is 19.7. The zero-order chi connectivity index (χ0) is 25.0. The van der Waals surface area contributed by atoms with E-state index in [2.05, 4.69) is 11.6 Å². The zero-order valence-corrected chi connectivity index (χ0v) is 19.7. The van der Waals surface area contributed by atoms with Crippen molar-refractivity contribution in [1.82, 2.24) is 9.88 Å². The fraction of sp³-hybridized carbons (Fsp3) is 0.423. The van der Waals surface area contributed by atoms with Gasteiger partial charge in [0.15, 0.2) is 5.75 Å². The lowest BCUT2D eigenvalue weighted by Crippen LogP contribution is -2.46. The number of hydrogen-bond donors (Lipinski definition) is 1. The van der Waals surface area contributed by atoms with E-state index in [0.29, 0.717) is 50.1 Å². The number of aliphatic hydroxyl groups excluding tert-OH is 1. The predicted octanol–water partition coefficient (Wildman–Crippen LogP) is 3.24. The van der Waals surface area contributed by atoms with E-state index in [1.807, 2.05) is 0 Å². The smallest absolute Gasteiger partial charge is 0.272 e. The molecule has 1 unspecified atom stereocenters. The van der Waals surface area contributed by atoms with Crippen LogP contribution in [0.25, 0.3) is 0 Å². The van der Waals surface area contributed by atoms with Crippen molar-refractivity contribution in [2.75, 3.05) is 33.6 Å². The molecule has 1 aliphatic carbocycles. The first-order chi connectivity index (χ1) is 16.8. The van der Waals surface area contributed by atoms with Crippen LogP contribution in [0.3, 0.4) is 0 Å². The number of methoxy groups -OCH3 is 1. The average Bonchev–Trinajstić information content (AvgIpc) is 3.19. The Balaban J connectivity index is 1.43. The van der Waals surface area contributed by atoms with Crippen molar-refractivity contribution >= 4 is 11.7 Å². The lowest BCUT2D eigenvalue weighted by molar-refractivity contribution is -0.143. The van der Waals surface area contributed by atoms with E-state index in [1.54, 1.807) is 29.2 Å². The Morgan fingerprint density at radius 3 is 2.69 bits per heavy atom. The summed E-state index contributed by atoms with van der Waals surface area (Å²) >= 11 is 0. The third-order valence-corrected chi connectivity index (χ3v) is 6.70. The minimum atomic E-state index is -0.873. The fourth-order valence-corrected chi connectivity index (χ4v) is 4.70. The number of benzene rings is 1. The summed E-state index contributed by atoms with van der Waals surface area (Å²) in [6.45, 7) is 4.40. The SMILES string of the molecule is C=C1CC(=O)CC1COc1ccc(C(=O)N2CCC(OCO)(c3cccc(F)c3)CC2)nc1OC. The maximum atomic E-state index is 13.8. The number of amides is 1. The van der Waals surface area contributed by atoms with Crippen LogP contribution in [0.15, 0.2) is 48.6 Å². The number of pyridine rings is 1. The van der Waals surface area contributed by atoms with Crippen LogP contribution in [0, 0.1) is 11.7 Å². The Kier molecular flexibility index (Phi) is 7.47. The van der Waals surface area contributed by atoms with Gasteiger partial charge < -0.3 is 24.2 Å². The highest BCUT2D eigenvalue weighted by Gasteiger charge is 2.39. The van der Waals surface area contributed by atoms with E-state index >= 15 is 0 Å². The van der Waals surface area contributed by atoms with Crippen LogP contribution < -0.4 is 9.47 Å². The van der Waals surface area contributed by atoms with E-state index in [0.717, 1.165) is 5.57 Å². The molecule has 2 aromatic rings. The van der Waals surface area contributed by atoms with E-state index < -0.39 is 12.4 Å². The molecule has 8 nitrogen and oxygen atoms in total. The van der Waals surface area contributed by atoms with Crippen molar-refractivity contribution < 1.29 is 33.3 Å². The average molecular weight is 485 g/mol. The molecule has 1 saturated carbocycles. The number of carbonyl (C=O) groups excluding carboxylic acids is 2. The number of ketones is 1. The number of aromatic nitrogens is 1. The number of halogens is 1. The molecule has 1 aromatic carbocycles. The summed E-state index contributed by atoms with van der Waals surface area (Å²) in [5.41, 5.74) is 0.822. The van der Waals surface area contributed by atoms with Gasteiger partial charge in [-0.2, -0.15) is 0 Å². The molecule has 186 valence electrons. The van der Waals surface area contributed by atoms with Gasteiger partial charge in [-0.25, -0.2) is 9.37 Å². The topological polar surface area (TPSA) is 98.2 Å². The van der Waals surface area contributed by atoms with E-state index in [1.165, 1.54) is 19.2 Å².